The number of thioether (sulfide) groups is 1. The number of benzene rings is 2. The second kappa shape index (κ2) is 9.43. The van der Waals surface area contributed by atoms with Crippen molar-refractivity contribution in [3.8, 4) is 11.5 Å². The van der Waals surface area contributed by atoms with E-state index in [9.17, 15) is 9.18 Å². The smallest absolute Gasteiger partial charge is 0.277 e. The van der Waals surface area contributed by atoms with Crippen molar-refractivity contribution in [2.45, 2.75) is 44.9 Å². The Kier molecular flexibility index (Phi) is 6.92. The molecule has 0 bridgehead atoms. The van der Waals surface area contributed by atoms with E-state index in [1.165, 1.54) is 29.5 Å². The molecule has 0 saturated heterocycles. The molecule has 5 nitrogen and oxygen atoms in total. The molecule has 30 heavy (non-hydrogen) atoms. The molecular formula is C23H26FN3O2S. The molecule has 7 heteroatoms. The highest BCUT2D eigenvalue weighted by atomic mass is 32.2. The van der Waals surface area contributed by atoms with Crippen LogP contribution in [0, 0.1) is 5.82 Å². The molecule has 1 amide bonds. The first-order chi connectivity index (χ1) is 14.3. The van der Waals surface area contributed by atoms with Crippen LogP contribution in [0.25, 0.3) is 11.5 Å². The van der Waals surface area contributed by atoms with Crippen molar-refractivity contribution >= 4 is 17.7 Å². The molecule has 0 N–H and O–H groups in total. The van der Waals surface area contributed by atoms with Crippen molar-refractivity contribution in [1.82, 2.24) is 15.1 Å². The fraction of sp³-hybridized carbons (Fsp3) is 0.348. The average Bonchev–Trinajstić information content (AvgIpc) is 3.19. The summed E-state index contributed by atoms with van der Waals surface area (Å²) in [5.41, 5.74) is 2.90. The van der Waals surface area contributed by atoms with Crippen molar-refractivity contribution in [2.75, 3.05) is 12.3 Å². The highest BCUT2D eigenvalue weighted by molar-refractivity contribution is 7.99. The van der Waals surface area contributed by atoms with Crippen LogP contribution in [0.5, 0.6) is 0 Å². The Morgan fingerprint density at radius 1 is 1.13 bits per heavy atom. The third-order valence-corrected chi connectivity index (χ3v) is 5.52. The van der Waals surface area contributed by atoms with Gasteiger partial charge >= 0.3 is 0 Å². The van der Waals surface area contributed by atoms with Crippen molar-refractivity contribution < 1.29 is 13.6 Å². The SMILES string of the molecule is CCN(Cc1cccc(F)c1)C(=O)CSc1nnc(-c2ccc(C(C)(C)C)cc2)o1. The van der Waals surface area contributed by atoms with E-state index in [1.807, 2.05) is 19.1 Å². The van der Waals surface area contributed by atoms with E-state index in [0.29, 0.717) is 24.2 Å². The summed E-state index contributed by atoms with van der Waals surface area (Å²) < 4.78 is 19.1. The van der Waals surface area contributed by atoms with Gasteiger partial charge in [-0.2, -0.15) is 0 Å². The molecule has 0 fully saturated rings. The van der Waals surface area contributed by atoms with Gasteiger partial charge in [0.25, 0.3) is 5.22 Å². The molecule has 0 aliphatic heterocycles. The number of amides is 1. The third kappa shape index (κ3) is 5.69. The Morgan fingerprint density at radius 2 is 1.87 bits per heavy atom. The predicted molar refractivity (Wildman–Crippen MR) is 117 cm³/mol. The van der Waals surface area contributed by atoms with Crippen LogP contribution >= 0.6 is 11.8 Å². The molecule has 1 aromatic heterocycles. The summed E-state index contributed by atoms with van der Waals surface area (Å²) in [6, 6.07) is 14.3. The van der Waals surface area contributed by atoms with Gasteiger partial charge in [-0.25, -0.2) is 4.39 Å². The van der Waals surface area contributed by atoms with Gasteiger partial charge in [-0.1, -0.05) is 56.8 Å². The Balaban J connectivity index is 1.59. The largest absolute Gasteiger partial charge is 0.411 e. The van der Waals surface area contributed by atoms with Gasteiger partial charge in [0.2, 0.25) is 11.8 Å². The lowest BCUT2D eigenvalue weighted by atomic mass is 9.87. The van der Waals surface area contributed by atoms with E-state index in [4.69, 9.17) is 4.42 Å². The molecule has 1 heterocycles. The molecule has 0 aliphatic rings. The first kappa shape index (κ1) is 22.0. The Hall–Kier alpha value is -2.67. The highest BCUT2D eigenvalue weighted by Gasteiger charge is 2.17. The molecular weight excluding hydrogens is 401 g/mol. The second-order valence-corrected chi connectivity index (χ2v) is 8.95. The Morgan fingerprint density at radius 3 is 2.50 bits per heavy atom. The van der Waals surface area contributed by atoms with Gasteiger partial charge in [-0.05, 0) is 47.7 Å². The quantitative estimate of drug-likeness (QED) is 0.478. The van der Waals surface area contributed by atoms with Gasteiger partial charge < -0.3 is 9.32 Å². The van der Waals surface area contributed by atoms with E-state index in [2.05, 4.69) is 43.1 Å². The summed E-state index contributed by atoms with van der Waals surface area (Å²) in [5, 5.41) is 8.48. The first-order valence-corrected chi connectivity index (χ1v) is 10.8. The third-order valence-electron chi connectivity index (χ3n) is 4.72. The van der Waals surface area contributed by atoms with Crippen LogP contribution in [0.4, 0.5) is 4.39 Å². The van der Waals surface area contributed by atoms with Gasteiger partial charge in [0, 0.05) is 18.7 Å². The fourth-order valence-electron chi connectivity index (χ4n) is 2.94. The summed E-state index contributed by atoms with van der Waals surface area (Å²) >= 11 is 1.20. The Bertz CT molecular complexity index is 996. The van der Waals surface area contributed by atoms with Gasteiger partial charge in [-0.3, -0.25) is 4.79 Å². The number of hydrogen-bond acceptors (Lipinski definition) is 5. The molecule has 0 radical (unpaired) electrons. The van der Waals surface area contributed by atoms with Gasteiger partial charge in [0.15, 0.2) is 0 Å². The van der Waals surface area contributed by atoms with E-state index < -0.39 is 0 Å². The predicted octanol–water partition coefficient (Wildman–Crippen LogP) is 5.31. The average molecular weight is 428 g/mol. The minimum Gasteiger partial charge on any atom is -0.411 e. The van der Waals surface area contributed by atoms with Gasteiger partial charge in [-0.15, -0.1) is 10.2 Å². The minimum absolute atomic E-state index is 0.0685. The molecule has 2 aromatic carbocycles. The number of aromatic nitrogens is 2. The summed E-state index contributed by atoms with van der Waals surface area (Å²) in [5.74, 6) is 0.228. The summed E-state index contributed by atoms with van der Waals surface area (Å²) in [6.45, 7) is 9.28. The zero-order valence-electron chi connectivity index (χ0n) is 17.7. The number of halogens is 1. The van der Waals surface area contributed by atoms with Crippen LogP contribution in [0.3, 0.4) is 0 Å². The lowest BCUT2D eigenvalue weighted by Crippen LogP contribution is -2.31. The maximum atomic E-state index is 13.4. The van der Waals surface area contributed by atoms with Crippen molar-refractivity contribution in [3.63, 3.8) is 0 Å². The van der Waals surface area contributed by atoms with Crippen molar-refractivity contribution in [1.29, 1.82) is 0 Å². The van der Waals surface area contributed by atoms with Crippen LogP contribution in [0.2, 0.25) is 0 Å². The molecule has 158 valence electrons. The number of carbonyl (C=O) groups excluding carboxylic acids is 1. The number of hydrogen-bond donors (Lipinski definition) is 0. The van der Waals surface area contributed by atoms with Crippen LogP contribution < -0.4 is 0 Å². The number of carbonyl (C=O) groups is 1. The fourth-order valence-corrected chi connectivity index (χ4v) is 3.61. The monoisotopic (exact) mass is 427 g/mol. The normalized spacial score (nSPS) is 11.5. The zero-order chi connectivity index (χ0) is 21.7. The molecule has 0 aliphatic carbocycles. The molecule has 0 atom stereocenters. The molecule has 0 saturated carbocycles. The highest BCUT2D eigenvalue weighted by Crippen LogP contribution is 2.27. The summed E-state index contributed by atoms with van der Waals surface area (Å²) in [4.78, 5) is 14.2. The topological polar surface area (TPSA) is 59.2 Å². The lowest BCUT2D eigenvalue weighted by molar-refractivity contribution is -0.128. The maximum Gasteiger partial charge on any atom is 0.277 e. The molecule has 3 rings (SSSR count). The zero-order valence-corrected chi connectivity index (χ0v) is 18.5. The summed E-state index contributed by atoms with van der Waals surface area (Å²) in [6.07, 6.45) is 0. The summed E-state index contributed by atoms with van der Waals surface area (Å²) in [7, 11) is 0. The van der Waals surface area contributed by atoms with Crippen molar-refractivity contribution in [3.05, 3.63) is 65.5 Å². The Labute approximate surface area is 180 Å². The number of nitrogens with zero attached hydrogens (tertiary/aromatic N) is 3. The molecule has 0 spiro atoms. The van der Waals surface area contributed by atoms with E-state index >= 15 is 0 Å². The van der Waals surface area contributed by atoms with E-state index in [0.717, 1.165) is 11.1 Å². The van der Waals surface area contributed by atoms with Crippen LogP contribution in [-0.4, -0.2) is 33.3 Å². The second-order valence-electron chi connectivity index (χ2n) is 8.03. The lowest BCUT2D eigenvalue weighted by Gasteiger charge is -2.20. The first-order valence-electron chi connectivity index (χ1n) is 9.85. The maximum absolute atomic E-state index is 13.4. The van der Waals surface area contributed by atoms with E-state index in [-0.39, 0.29) is 22.9 Å². The molecule has 3 aromatic rings. The van der Waals surface area contributed by atoms with Gasteiger partial charge in [0.05, 0.1) is 5.75 Å². The van der Waals surface area contributed by atoms with Crippen LogP contribution in [-0.2, 0) is 16.8 Å². The number of rotatable bonds is 7. The van der Waals surface area contributed by atoms with Crippen LogP contribution in [0.15, 0.2) is 58.2 Å². The van der Waals surface area contributed by atoms with Crippen molar-refractivity contribution in [2.24, 2.45) is 0 Å². The standard InChI is InChI=1S/C23H26FN3O2S/c1-5-27(14-16-7-6-8-19(24)13-16)20(28)15-30-22-26-25-21(29-22)17-9-11-18(12-10-17)23(2,3)4/h6-13H,5,14-15H2,1-4H3. The van der Waals surface area contributed by atoms with Gasteiger partial charge in [0.1, 0.15) is 5.82 Å². The molecule has 0 unspecified atom stereocenters. The minimum atomic E-state index is -0.306. The van der Waals surface area contributed by atoms with E-state index in [1.54, 1.807) is 17.0 Å². The van der Waals surface area contributed by atoms with Crippen LogP contribution in [0.1, 0.15) is 38.8 Å².